The first-order chi connectivity index (χ1) is 15.9. The van der Waals surface area contributed by atoms with Crippen molar-refractivity contribution in [3.63, 3.8) is 0 Å². The van der Waals surface area contributed by atoms with Gasteiger partial charge in [0.2, 0.25) is 0 Å². The predicted molar refractivity (Wildman–Crippen MR) is 123 cm³/mol. The van der Waals surface area contributed by atoms with Crippen molar-refractivity contribution in [2.24, 2.45) is 17.8 Å². The highest BCUT2D eigenvalue weighted by Crippen LogP contribution is 2.58. The minimum Gasteiger partial charge on any atom is -0.324 e. The molecule has 2 aromatic rings. The van der Waals surface area contributed by atoms with Gasteiger partial charge in [-0.25, -0.2) is 8.42 Å². The summed E-state index contributed by atoms with van der Waals surface area (Å²) in [5.41, 5.74) is 0.694. The van der Waals surface area contributed by atoms with Crippen LogP contribution < -0.4 is 0 Å². The van der Waals surface area contributed by atoms with Crippen LogP contribution in [0.4, 0.5) is 0 Å². The fourth-order valence-corrected chi connectivity index (χ4v) is 8.68. The molecule has 2 aliphatic carbocycles. The largest absolute Gasteiger partial charge is 0.324 e. The standard InChI is InChI=1S/C25H32N4O3S/c1-2-14-33(31,32)22-9-4-3-6-20(22)24(30)29-17-10-12-25(29,13-11-17)23-16-28(27-26-23)15-21-18-7-5-8-19(18)21/h3-4,6,9,16-19,21H,2,5,7-8,10-15H2,1H3. The summed E-state index contributed by atoms with van der Waals surface area (Å²) >= 11 is 0. The molecule has 0 spiro atoms. The number of benzene rings is 1. The normalized spacial score (nSPS) is 32.3. The van der Waals surface area contributed by atoms with Crippen molar-refractivity contribution in [3.05, 3.63) is 41.7 Å². The third-order valence-corrected chi connectivity index (χ3v) is 10.7. The lowest BCUT2D eigenvalue weighted by Crippen LogP contribution is -2.44. The van der Waals surface area contributed by atoms with Gasteiger partial charge in [0, 0.05) is 12.6 Å². The number of carbonyl (C=O) groups excluding carboxylic acids is 1. The van der Waals surface area contributed by atoms with Crippen molar-refractivity contribution >= 4 is 15.7 Å². The Morgan fingerprint density at radius 3 is 2.58 bits per heavy atom. The molecule has 1 amide bonds. The summed E-state index contributed by atoms with van der Waals surface area (Å²) in [6.07, 6.45) is 10.2. The van der Waals surface area contributed by atoms with Gasteiger partial charge in [-0.1, -0.05) is 30.7 Å². The molecule has 2 saturated carbocycles. The number of nitrogens with zero attached hydrogens (tertiary/aromatic N) is 4. The first kappa shape index (κ1) is 21.3. The van der Waals surface area contributed by atoms with Crippen molar-refractivity contribution < 1.29 is 13.2 Å². The Morgan fingerprint density at radius 2 is 1.85 bits per heavy atom. The lowest BCUT2D eigenvalue weighted by Gasteiger charge is -2.33. The number of fused-ring (bicyclic) bond motifs is 3. The molecule has 8 heteroatoms. The summed E-state index contributed by atoms with van der Waals surface area (Å²) in [5, 5.41) is 9.03. The summed E-state index contributed by atoms with van der Waals surface area (Å²) in [6.45, 7) is 2.77. The van der Waals surface area contributed by atoms with Gasteiger partial charge in [-0.15, -0.1) is 5.10 Å². The molecule has 2 aliphatic heterocycles. The van der Waals surface area contributed by atoms with Crippen LogP contribution >= 0.6 is 0 Å². The van der Waals surface area contributed by atoms with Gasteiger partial charge >= 0.3 is 0 Å². The molecule has 1 aromatic heterocycles. The van der Waals surface area contributed by atoms with Gasteiger partial charge in [-0.05, 0) is 74.8 Å². The zero-order valence-corrected chi connectivity index (χ0v) is 20.0. The van der Waals surface area contributed by atoms with Crippen molar-refractivity contribution in [2.45, 2.75) is 81.3 Å². The summed E-state index contributed by atoms with van der Waals surface area (Å²) in [6, 6.07) is 6.83. The maximum absolute atomic E-state index is 13.9. The Kier molecular flexibility index (Phi) is 4.94. The fraction of sp³-hybridized carbons (Fsp3) is 0.640. The zero-order valence-electron chi connectivity index (χ0n) is 19.2. The molecule has 6 rings (SSSR count). The molecule has 7 nitrogen and oxygen atoms in total. The van der Waals surface area contributed by atoms with Gasteiger partial charge in [0.25, 0.3) is 5.91 Å². The Bertz CT molecular complexity index is 1170. The summed E-state index contributed by atoms with van der Waals surface area (Å²) < 4.78 is 27.8. The minimum absolute atomic E-state index is 0.0450. The number of carbonyl (C=O) groups is 1. The Hall–Kier alpha value is -2.22. The van der Waals surface area contributed by atoms with E-state index in [0.717, 1.165) is 55.7 Å². The van der Waals surface area contributed by atoms with Crippen LogP contribution in [0.15, 0.2) is 35.4 Å². The van der Waals surface area contributed by atoms with Gasteiger partial charge in [0.15, 0.2) is 9.84 Å². The molecule has 2 atom stereocenters. The van der Waals surface area contributed by atoms with Gasteiger partial charge in [0.05, 0.1) is 27.9 Å². The Labute approximate surface area is 195 Å². The van der Waals surface area contributed by atoms with Crippen molar-refractivity contribution in [1.82, 2.24) is 19.9 Å². The first-order valence-electron chi connectivity index (χ1n) is 12.5. The molecule has 2 bridgehead atoms. The number of rotatable bonds is 7. The average Bonchev–Trinajstić information content (AvgIpc) is 3.38. The molecule has 2 saturated heterocycles. The predicted octanol–water partition coefficient (Wildman–Crippen LogP) is 3.80. The molecule has 3 heterocycles. The van der Waals surface area contributed by atoms with Crippen LogP contribution in [0.3, 0.4) is 0 Å². The third kappa shape index (κ3) is 3.27. The maximum atomic E-state index is 13.9. The number of hydrogen-bond donors (Lipinski definition) is 0. The minimum atomic E-state index is -3.50. The molecule has 176 valence electrons. The number of aromatic nitrogens is 3. The van der Waals surface area contributed by atoms with E-state index in [4.69, 9.17) is 0 Å². The van der Waals surface area contributed by atoms with E-state index in [2.05, 4.69) is 16.5 Å². The molecule has 0 N–H and O–H groups in total. The number of sulfone groups is 1. The maximum Gasteiger partial charge on any atom is 0.256 e. The highest BCUT2D eigenvalue weighted by atomic mass is 32.2. The van der Waals surface area contributed by atoms with Crippen LogP contribution in [-0.4, -0.2) is 46.0 Å². The molecule has 33 heavy (non-hydrogen) atoms. The van der Waals surface area contributed by atoms with Crippen LogP contribution in [0.1, 0.15) is 74.3 Å². The molecule has 2 unspecified atom stereocenters. The van der Waals surface area contributed by atoms with E-state index in [1.807, 2.05) is 16.5 Å². The second-order valence-corrected chi connectivity index (χ2v) is 12.6. The molecule has 4 fully saturated rings. The number of amides is 1. The SMILES string of the molecule is CCCS(=O)(=O)c1ccccc1C(=O)N1C2CCC1(c1cn(CC3C4CCCC43)nn1)CC2. The van der Waals surface area contributed by atoms with Crippen LogP contribution in [0.5, 0.6) is 0 Å². The average molecular weight is 469 g/mol. The van der Waals surface area contributed by atoms with E-state index in [0.29, 0.717) is 12.0 Å². The second-order valence-electron chi connectivity index (χ2n) is 10.5. The first-order valence-corrected chi connectivity index (χ1v) is 14.2. The topological polar surface area (TPSA) is 85.2 Å². The van der Waals surface area contributed by atoms with E-state index in [-0.39, 0.29) is 22.6 Å². The monoisotopic (exact) mass is 468 g/mol. The molecule has 1 aromatic carbocycles. The molecular formula is C25H32N4O3S. The van der Waals surface area contributed by atoms with Crippen LogP contribution in [0.25, 0.3) is 0 Å². The van der Waals surface area contributed by atoms with Gasteiger partial charge in [-0.3, -0.25) is 9.48 Å². The summed E-state index contributed by atoms with van der Waals surface area (Å²) in [4.78, 5) is 16.0. The van der Waals surface area contributed by atoms with Crippen molar-refractivity contribution in [1.29, 1.82) is 0 Å². The lowest BCUT2D eigenvalue weighted by atomic mass is 9.85. The zero-order chi connectivity index (χ0) is 22.8. The van der Waals surface area contributed by atoms with E-state index in [1.54, 1.807) is 24.3 Å². The molecular weight excluding hydrogens is 436 g/mol. The molecule has 4 aliphatic rings. The van der Waals surface area contributed by atoms with Gasteiger partial charge in [0.1, 0.15) is 5.69 Å². The van der Waals surface area contributed by atoms with Gasteiger partial charge in [-0.2, -0.15) is 0 Å². The van der Waals surface area contributed by atoms with E-state index < -0.39 is 15.4 Å². The van der Waals surface area contributed by atoms with Crippen LogP contribution in [-0.2, 0) is 21.9 Å². The Morgan fingerprint density at radius 1 is 1.12 bits per heavy atom. The highest BCUT2D eigenvalue weighted by Gasteiger charge is 2.57. The van der Waals surface area contributed by atoms with Crippen LogP contribution in [0, 0.1) is 17.8 Å². The van der Waals surface area contributed by atoms with Gasteiger partial charge < -0.3 is 4.90 Å². The quantitative estimate of drug-likeness (QED) is 0.617. The van der Waals surface area contributed by atoms with E-state index in [9.17, 15) is 13.2 Å². The van der Waals surface area contributed by atoms with Crippen molar-refractivity contribution in [3.8, 4) is 0 Å². The van der Waals surface area contributed by atoms with E-state index in [1.165, 1.54) is 19.3 Å². The third-order valence-electron chi connectivity index (χ3n) is 8.75. The highest BCUT2D eigenvalue weighted by molar-refractivity contribution is 7.91. The lowest BCUT2D eigenvalue weighted by molar-refractivity contribution is 0.0599. The summed E-state index contributed by atoms with van der Waals surface area (Å²) in [5.74, 6) is 2.34. The second kappa shape index (κ2) is 7.65. The Balaban J connectivity index is 1.30. The fourth-order valence-electron chi connectivity index (χ4n) is 7.15. The van der Waals surface area contributed by atoms with Crippen LogP contribution in [0.2, 0.25) is 0 Å². The van der Waals surface area contributed by atoms with Crippen molar-refractivity contribution in [2.75, 3.05) is 5.75 Å². The summed E-state index contributed by atoms with van der Waals surface area (Å²) in [7, 11) is -3.50. The smallest absolute Gasteiger partial charge is 0.256 e. The molecule has 0 radical (unpaired) electrons. The van der Waals surface area contributed by atoms with E-state index >= 15 is 0 Å². The number of hydrogen-bond acceptors (Lipinski definition) is 5.